The van der Waals surface area contributed by atoms with Gasteiger partial charge in [0.25, 0.3) is 11.4 Å². The minimum absolute atomic E-state index is 0.0530. The van der Waals surface area contributed by atoms with Gasteiger partial charge >= 0.3 is 12.0 Å². The van der Waals surface area contributed by atoms with Crippen LogP contribution in [0, 0.1) is 20.2 Å². The lowest BCUT2D eigenvalue weighted by atomic mass is 10.1. The average molecular weight is 613 g/mol. The van der Waals surface area contributed by atoms with E-state index in [-0.39, 0.29) is 35.9 Å². The number of benzene rings is 2. The van der Waals surface area contributed by atoms with Gasteiger partial charge in [0.15, 0.2) is 0 Å². The molecular formula is C30H44N8O6+2. The Balaban J connectivity index is 1.83. The van der Waals surface area contributed by atoms with Gasteiger partial charge in [-0.25, -0.2) is 0 Å². The smallest absolute Gasteiger partial charge is 0.328 e. The largest absolute Gasteiger partial charge is 0.410 e. The van der Waals surface area contributed by atoms with Crippen LogP contribution in [0.15, 0.2) is 48.5 Å². The number of hydrogen-bond donors (Lipinski definition) is 1. The standard InChI is InChI=1S/C30H44N8O6/c1-8-37(9-2,20-24-12-16-26(17-13-24)35(39)40)22(5)43-29-32-28(31-7)33-30(34-29)44-23(6)38(10-3,11-4)21-25-14-18-27(19-15-25)36(41)42/h12-19,22-23H,8-11,20-21H2,1-7H3,(H,31,32,33,34)/q+2/t22-,23-/m0/s1. The quantitative estimate of drug-likeness (QED) is 0.0919. The van der Waals surface area contributed by atoms with Gasteiger partial charge in [-0.2, -0.15) is 9.97 Å². The molecule has 0 aliphatic heterocycles. The number of hydrogen-bond acceptors (Lipinski definition) is 10. The maximum Gasteiger partial charge on any atom is 0.328 e. The van der Waals surface area contributed by atoms with Crippen LogP contribution in [-0.4, -0.2) is 79.4 Å². The summed E-state index contributed by atoms with van der Waals surface area (Å²) in [6, 6.07) is 13.4. The number of nitrogens with zero attached hydrogens (tertiary/aromatic N) is 7. The summed E-state index contributed by atoms with van der Waals surface area (Å²) in [6.45, 7) is 16.4. The van der Waals surface area contributed by atoms with Crippen molar-refractivity contribution < 1.29 is 28.3 Å². The van der Waals surface area contributed by atoms with Crippen molar-refractivity contribution in [3.05, 3.63) is 79.9 Å². The van der Waals surface area contributed by atoms with Crippen molar-refractivity contribution in [1.82, 2.24) is 15.0 Å². The van der Waals surface area contributed by atoms with E-state index in [0.29, 0.717) is 28.0 Å². The molecule has 14 nitrogen and oxygen atoms in total. The van der Waals surface area contributed by atoms with Crippen molar-refractivity contribution >= 4 is 17.3 Å². The SMILES string of the molecule is CC[N+](CC)(Cc1ccc([N+](=O)[O-])cc1)[C@H](C)Oc1nc(NC)nc(O[C@@H](C)[N+](CC)(CC)Cc2ccc([N+](=O)[O-])cc2)n1. The number of quaternary nitrogens is 2. The Morgan fingerprint density at radius 3 is 1.30 bits per heavy atom. The van der Waals surface area contributed by atoms with E-state index in [1.807, 2.05) is 13.8 Å². The van der Waals surface area contributed by atoms with E-state index in [9.17, 15) is 20.2 Å². The molecule has 3 rings (SSSR count). The molecular weight excluding hydrogens is 568 g/mol. The second kappa shape index (κ2) is 14.8. The first kappa shape index (κ1) is 34.1. The Morgan fingerprint density at radius 1 is 0.682 bits per heavy atom. The van der Waals surface area contributed by atoms with Gasteiger partial charge in [-0.3, -0.25) is 29.2 Å². The lowest BCUT2D eigenvalue weighted by Crippen LogP contribution is -2.56. The van der Waals surface area contributed by atoms with Crippen LogP contribution in [0.4, 0.5) is 17.3 Å². The number of rotatable bonds is 17. The third-order valence-electron chi connectivity index (χ3n) is 8.72. The van der Waals surface area contributed by atoms with Crippen molar-refractivity contribution in [2.75, 3.05) is 38.5 Å². The highest BCUT2D eigenvalue weighted by Gasteiger charge is 2.36. The summed E-state index contributed by atoms with van der Waals surface area (Å²) < 4.78 is 13.8. The van der Waals surface area contributed by atoms with E-state index < -0.39 is 9.85 Å². The summed E-state index contributed by atoms with van der Waals surface area (Å²) in [7, 11) is 1.70. The van der Waals surface area contributed by atoms with Crippen LogP contribution in [0.1, 0.15) is 52.7 Å². The molecule has 2 atom stereocenters. The fourth-order valence-corrected chi connectivity index (χ4v) is 5.44. The third kappa shape index (κ3) is 7.94. The molecule has 0 radical (unpaired) electrons. The van der Waals surface area contributed by atoms with E-state index in [1.54, 1.807) is 31.3 Å². The number of nitro groups is 2. The zero-order valence-corrected chi connectivity index (χ0v) is 26.6. The number of nitro benzene ring substituents is 2. The average Bonchev–Trinajstić information content (AvgIpc) is 3.02. The van der Waals surface area contributed by atoms with Crippen LogP contribution in [0.2, 0.25) is 0 Å². The molecule has 0 aliphatic carbocycles. The maximum atomic E-state index is 11.1. The molecule has 0 fully saturated rings. The topological polar surface area (TPSA) is 155 Å². The van der Waals surface area contributed by atoms with Gasteiger partial charge in [-0.05, 0) is 52.0 Å². The molecule has 0 unspecified atom stereocenters. The molecule has 0 spiro atoms. The molecule has 44 heavy (non-hydrogen) atoms. The molecule has 1 heterocycles. The molecule has 3 aromatic rings. The van der Waals surface area contributed by atoms with Crippen molar-refractivity contribution in [2.45, 2.75) is 67.1 Å². The monoisotopic (exact) mass is 612 g/mol. The molecule has 14 heteroatoms. The van der Waals surface area contributed by atoms with Gasteiger partial charge in [-0.1, -0.05) is 0 Å². The zero-order chi connectivity index (χ0) is 32.5. The fraction of sp³-hybridized carbons (Fsp3) is 0.500. The Hall–Kier alpha value is -4.43. The Labute approximate surface area is 258 Å². The normalized spacial score (nSPS) is 13.2. The van der Waals surface area contributed by atoms with Gasteiger partial charge in [0, 0.05) is 56.3 Å². The van der Waals surface area contributed by atoms with Gasteiger partial charge in [0.2, 0.25) is 18.4 Å². The van der Waals surface area contributed by atoms with E-state index in [4.69, 9.17) is 9.47 Å². The summed E-state index contributed by atoms with van der Waals surface area (Å²) in [5.41, 5.74) is 2.02. The first-order chi connectivity index (χ1) is 20.9. The summed E-state index contributed by atoms with van der Waals surface area (Å²) in [5, 5.41) is 25.1. The van der Waals surface area contributed by atoms with Crippen molar-refractivity contribution in [3.8, 4) is 12.0 Å². The predicted molar refractivity (Wildman–Crippen MR) is 166 cm³/mol. The van der Waals surface area contributed by atoms with Crippen molar-refractivity contribution in [2.24, 2.45) is 0 Å². The predicted octanol–water partition coefficient (Wildman–Crippen LogP) is 5.29. The minimum atomic E-state index is -0.405. The molecule has 1 aromatic heterocycles. The summed E-state index contributed by atoms with van der Waals surface area (Å²) >= 11 is 0. The molecule has 0 aliphatic rings. The Kier molecular flexibility index (Phi) is 11.5. The molecule has 0 saturated heterocycles. The number of non-ortho nitro benzene ring substituents is 2. The fourth-order valence-electron chi connectivity index (χ4n) is 5.44. The van der Waals surface area contributed by atoms with Gasteiger partial charge in [-0.15, -0.1) is 4.98 Å². The Morgan fingerprint density at radius 2 is 1.02 bits per heavy atom. The molecule has 1 N–H and O–H groups in total. The summed E-state index contributed by atoms with van der Waals surface area (Å²) in [5.74, 6) is 0.298. The molecule has 0 saturated carbocycles. The lowest BCUT2D eigenvalue weighted by Gasteiger charge is -2.41. The van der Waals surface area contributed by atoms with Crippen LogP contribution in [0.3, 0.4) is 0 Å². The van der Waals surface area contributed by atoms with E-state index in [0.717, 1.165) is 37.3 Å². The first-order valence-electron chi connectivity index (χ1n) is 14.9. The van der Waals surface area contributed by atoms with Gasteiger partial charge in [0.05, 0.1) is 36.0 Å². The van der Waals surface area contributed by atoms with Gasteiger partial charge < -0.3 is 14.8 Å². The Bertz CT molecular complexity index is 1290. The number of nitrogens with one attached hydrogen (secondary N) is 1. The maximum absolute atomic E-state index is 11.1. The second-order valence-electron chi connectivity index (χ2n) is 10.8. The zero-order valence-electron chi connectivity index (χ0n) is 26.6. The van der Waals surface area contributed by atoms with E-state index >= 15 is 0 Å². The lowest BCUT2D eigenvalue weighted by molar-refractivity contribution is -0.975. The highest BCUT2D eigenvalue weighted by molar-refractivity contribution is 5.33. The van der Waals surface area contributed by atoms with Crippen LogP contribution in [0.5, 0.6) is 12.0 Å². The second-order valence-corrected chi connectivity index (χ2v) is 10.8. The number of ether oxygens (including phenoxy) is 2. The molecule has 0 bridgehead atoms. The van der Waals surface area contributed by atoms with E-state index in [1.165, 1.54) is 24.3 Å². The highest BCUT2D eigenvalue weighted by Crippen LogP contribution is 2.26. The van der Waals surface area contributed by atoms with Crippen LogP contribution in [-0.2, 0) is 13.1 Å². The van der Waals surface area contributed by atoms with E-state index in [2.05, 4.69) is 48.0 Å². The first-order valence-corrected chi connectivity index (χ1v) is 14.9. The van der Waals surface area contributed by atoms with Crippen molar-refractivity contribution in [1.29, 1.82) is 0 Å². The van der Waals surface area contributed by atoms with Crippen molar-refractivity contribution in [3.63, 3.8) is 0 Å². The number of aromatic nitrogens is 3. The minimum Gasteiger partial charge on any atom is -0.410 e. The molecule has 2 aromatic carbocycles. The van der Waals surface area contributed by atoms with Crippen LogP contribution in [0.25, 0.3) is 0 Å². The molecule has 238 valence electrons. The van der Waals surface area contributed by atoms with Gasteiger partial charge in [0.1, 0.15) is 13.1 Å². The van der Waals surface area contributed by atoms with Crippen LogP contribution < -0.4 is 14.8 Å². The number of anilines is 1. The summed E-state index contributed by atoms with van der Waals surface area (Å²) in [4.78, 5) is 34.8. The third-order valence-corrected chi connectivity index (χ3v) is 8.72. The van der Waals surface area contributed by atoms with Crippen LogP contribution >= 0.6 is 0 Å². The summed E-state index contributed by atoms with van der Waals surface area (Å²) in [6.07, 6.45) is -0.721. The highest BCUT2D eigenvalue weighted by atomic mass is 16.6. The molecule has 0 amide bonds.